The first kappa shape index (κ1) is 26.1. The molecule has 13 heteroatoms. The van der Waals surface area contributed by atoms with Crippen molar-refractivity contribution in [1.29, 1.82) is 0 Å². The van der Waals surface area contributed by atoms with Crippen LogP contribution in [0.25, 0.3) is 0 Å². The third kappa shape index (κ3) is 5.81. The van der Waals surface area contributed by atoms with Gasteiger partial charge >= 0.3 is 0 Å². The second-order valence-electron chi connectivity index (χ2n) is 9.55. The molecule has 2 saturated heterocycles. The molecule has 0 aliphatic carbocycles. The van der Waals surface area contributed by atoms with Crippen LogP contribution in [0.3, 0.4) is 0 Å². The zero-order chi connectivity index (χ0) is 26.8. The lowest BCUT2D eigenvalue weighted by Gasteiger charge is -2.35. The minimum Gasteiger partial charge on any atom is -0.354 e. The van der Waals surface area contributed by atoms with E-state index in [1.165, 1.54) is 0 Å². The Morgan fingerprint density at radius 3 is 2.47 bits per heavy atom. The van der Waals surface area contributed by atoms with Gasteiger partial charge < -0.3 is 25.3 Å². The largest absolute Gasteiger partial charge is 0.354 e. The van der Waals surface area contributed by atoms with Crippen LogP contribution in [0.15, 0.2) is 24.3 Å². The minimum absolute atomic E-state index is 0.0738. The van der Waals surface area contributed by atoms with Crippen molar-refractivity contribution < 1.29 is 13.6 Å². The molecule has 3 aromatic rings. The van der Waals surface area contributed by atoms with Crippen LogP contribution >= 0.6 is 11.6 Å². The van der Waals surface area contributed by atoms with Crippen molar-refractivity contribution in [2.75, 3.05) is 61.3 Å². The fourth-order valence-corrected chi connectivity index (χ4v) is 4.85. The van der Waals surface area contributed by atoms with E-state index >= 15 is 0 Å². The Morgan fingerprint density at radius 1 is 1.08 bits per heavy atom. The van der Waals surface area contributed by atoms with Crippen molar-refractivity contribution >= 4 is 40.9 Å². The van der Waals surface area contributed by atoms with E-state index in [-0.39, 0.29) is 11.6 Å². The molecule has 4 heterocycles. The normalized spacial score (nSPS) is 18.2. The number of benzene rings is 1. The summed E-state index contributed by atoms with van der Waals surface area (Å²) in [4.78, 5) is 28.5. The second-order valence-corrected chi connectivity index (χ2v) is 9.93. The lowest BCUT2D eigenvalue weighted by molar-refractivity contribution is 0.0790. The molecule has 1 aromatic carbocycles. The molecule has 202 valence electrons. The molecule has 2 aliphatic rings. The number of hydrogen-bond donors (Lipinski definition) is 3. The molecule has 0 unspecified atom stereocenters. The zero-order valence-corrected chi connectivity index (χ0v) is 22.0. The summed E-state index contributed by atoms with van der Waals surface area (Å²) in [5, 5.41) is 13.1. The predicted octanol–water partition coefficient (Wildman–Crippen LogP) is 3.65. The van der Waals surface area contributed by atoms with Gasteiger partial charge in [0.25, 0.3) is 5.91 Å². The lowest BCUT2D eigenvalue weighted by atomic mass is 10.2. The molecule has 1 amide bonds. The van der Waals surface area contributed by atoms with Gasteiger partial charge in [-0.25, -0.2) is 8.78 Å². The number of nitrogens with zero attached hydrogens (tertiary/aromatic N) is 6. The van der Waals surface area contributed by atoms with Crippen LogP contribution in [0.2, 0.25) is 5.02 Å². The van der Waals surface area contributed by atoms with Crippen molar-refractivity contribution in [1.82, 2.24) is 30.0 Å². The molecule has 2 aromatic heterocycles. The van der Waals surface area contributed by atoms with Gasteiger partial charge in [-0.15, -0.1) is 0 Å². The molecule has 3 N–H and O–H groups in total. The number of H-pyrrole nitrogens is 1. The molecule has 0 radical (unpaired) electrons. The number of likely N-dealkylation sites (N-methyl/N-ethyl adjacent to an activating group) is 1. The number of carbonyl (C=O) groups excluding carboxylic acids is 1. The molecule has 0 spiro atoms. The highest BCUT2D eigenvalue weighted by Gasteiger charge is 2.29. The molecule has 1 atom stereocenters. The molecule has 0 bridgehead atoms. The van der Waals surface area contributed by atoms with E-state index in [4.69, 9.17) is 16.6 Å². The van der Waals surface area contributed by atoms with E-state index < -0.39 is 22.6 Å². The van der Waals surface area contributed by atoms with Gasteiger partial charge in [0, 0.05) is 68.7 Å². The average molecular weight is 546 g/mol. The Bertz CT molecular complexity index is 1290. The highest BCUT2D eigenvalue weighted by Crippen LogP contribution is 2.25. The van der Waals surface area contributed by atoms with E-state index in [2.05, 4.69) is 42.5 Å². The van der Waals surface area contributed by atoms with Gasteiger partial charge in [-0.05, 0) is 32.0 Å². The highest BCUT2D eigenvalue weighted by atomic mass is 35.5. The van der Waals surface area contributed by atoms with E-state index in [1.807, 2.05) is 19.1 Å². The van der Waals surface area contributed by atoms with E-state index in [9.17, 15) is 13.6 Å². The van der Waals surface area contributed by atoms with E-state index in [0.717, 1.165) is 56.4 Å². The van der Waals surface area contributed by atoms with Crippen molar-refractivity contribution in [3.63, 3.8) is 0 Å². The standard InChI is InChI=1S/C25H30ClF2N9O/c1-3-35-6-8-36(9-7-35)22-13-20(30-21-10-15(2)33-34-21)31-25(32-22)29-17-4-5-37(14-17)24(38)16-11-18(27)23(26)19(28)12-16/h10-13,17H,3-9,14H2,1-2H3,(H3,29,30,31,32,33,34)/t17-/m0/s1. The molecule has 5 rings (SSSR count). The third-order valence-corrected chi connectivity index (χ3v) is 7.22. The number of anilines is 4. The molecule has 0 saturated carbocycles. The minimum atomic E-state index is -0.957. The summed E-state index contributed by atoms with van der Waals surface area (Å²) >= 11 is 5.56. The summed E-state index contributed by atoms with van der Waals surface area (Å²) in [7, 11) is 0. The van der Waals surface area contributed by atoms with Crippen LogP contribution in [-0.2, 0) is 0 Å². The van der Waals surface area contributed by atoms with Gasteiger partial charge in [-0.2, -0.15) is 15.1 Å². The summed E-state index contributed by atoms with van der Waals surface area (Å²) < 4.78 is 27.8. The predicted molar refractivity (Wildman–Crippen MR) is 142 cm³/mol. The maximum atomic E-state index is 13.9. The van der Waals surface area contributed by atoms with Gasteiger partial charge in [0.1, 0.15) is 28.3 Å². The van der Waals surface area contributed by atoms with Crippen LogP contribution in [0, 0.1) is 18.6 Å². The zero-order valence-electron chi connectivity index (χ0n) is 21.3. The number of rotatable bonds is 7. The number of nitrogens with one attached hydrogen (secondary N) is 3. The molecular weight excluding hydrogens is 516 g/mol. The fraction of sp³-hybridized carbons (Fsp3) is 0.440. The topological polar surface area (TPSA) is 105 Å². The summed E-state index contributed by atoms with van der Waals surface area (Å²) in [5.74, 6) is 0.101. The molecular formula is C25H30ClF2N9O. The number of halogens is 3. The SMILES string of the molecule is CCN1CCN(c2cc(Nc3cc(C)[nH]n3)nc(N[C@H]3CCN(C(=O)c4cc(F)c(Cl)c(F)c4)C3)n2)CC1. The smallest absolute Gasteiger partial charge is 0.254 e. The van der Waals surface area contributed by atoms with E-state index in [0.29, 0.717) is 37.1 Å². The maximum absolute atomic E-state index is 13.9. The summed E-state index contributed by atoms with van der Waals surface area (Å²) in [6.45, 7) is 9.48. The van der Waals surface area contributed by atoms with Gasteiger partial charge in [-0.3, -0.25) is 9.89 Å². The Kier molecular flexibility index (Phi) is 7.61. The molecule has 2 fully saturated rings. The van der Waals surface area contributed by atoms with Gasteiger partial charge in [0.05, 0.1) is 0 Å². The van der Waals surface area contributed by atoms with Crippen LogP contribution < -0.4 is 15.5 Å². The number of amides is 1. The Morgan fingerprint density at radius 2 is 1.82 bits per heavy atom. The first-order valence-corrected chi connectivity index (χ1v) is 13.0. The number of aromatic amines is 1. The third-order valence-electron chi connectivity index (χ3n) is 6.86. The Labute approximate surface area is 224 Å². The number of aromatic nitrogens is 4. The van der Waals surface area contributed by atoms with Crippen molar-refractivity contribution in [2.45, 2.75) is 26.3 Å². The molecule has 10 nitrogen and oxygen atoms in total. The number of piperazine rings is 1. The van der Waals surface area contributed by atoms with Crippen LogP contribution in [0.1, 0.15) is 29.4 Å². The molecule has 38 heavy (non-hydrogen) atoms. The number of carbonyl (C=O) groups is 1. The Hall–Kier alpha value is -3.51. The molecule has 2 aliphatic heterocycles. The van der Waals surface area contributed by atoms with Crippen LogP contribution in [0.4, 0.5) is 32.2 Å². The van der Waals surface area contributed by atoms with Crippen molar-refractivity contribution in [2.24, 2.45) is 0 Å². The number of aryl methyl sites for hydroxylation is 1. The van der Waals surface area contributed by atoms with Gasteiger partial charge in [-0.1, -0.05) is 18.5 Å². The second kappa shape index (κ2) is 11.1. The fourth-order valence-electron chi connectivity index (χ4n) is 4.74. The first-order valence-electron chi connectivity index (χ1n) is 12.6. The quantitative estimate of drug-likeness (QED) is 0.386. The summed E-state index contributed by atoms with van der Waals surface area (Å²) in [5.41, 5.74) is 0.849. The Balaban J connectivity index is 1.31. The van der Waals surface area contributed by atoms with Crippen LogP contribution in [0.5, 0.6) is 0 Å². The van der Waals surface area contributed by atoms with Crippen LogP contribution in [-0.4, -0.2) is 87.7 Å². The number of hydrogen-bond acceptors (Lipinski definition) is 8. The number of likely N-dealkylation sites (tertiary alicyclic amines) is 1. The highest BCUT2D eigenvalue weighted by molar-refractivity contribution is 6.31. The lowest BCUT2D eigenvalue weighted by Crippen LogP contribution is -2.46. The maximum Gasteiger partial charge on any atom is 0.254 e. The summed E-state index contributed by atoms with van der Waals surface area (Å²) in [6, 6.07) is 5.60. The van der Waals surface area contributed by atoms with E-state index in [1.54, 1.807) is 4.90 Å². The first-order chi connectivity index (χ1) is 18.3. The van der Waals surface area contributed by atoms with Crippen molar-refractivity contribution in [3.05, 3.63) is 52.2 Å². The monoisotopic (exact) mass is 545 g/mol. The van der Waals surface area contributed by atoms with Crippen molar-refractivity contribution in [3.8, 4) is 0 Å². The average Bonchev–Trinajstić information content (AvgIpc) is 3.55. The van der Waals surface area contributed by atoms with Gasteiger partial charge in [0.2, 0.25) is 5.95 Å². The summed E-state index contributed by atoms with van der Waals surface area (Å²) in [6.07, 6.45) is 0.633. The van der Waals surface area contributed by atoms with Gasteiger partial charge in [0.15, 0.2) is 5.82 Å².